The van der Waals surface area contributed by atoms with E-state index in [0.717, 1.165) is 31.9 Å². The van der Waals surface area contributed by atoms with Crippen molar-refractivity contribution in [2.24, 2.45) is 0 Å². The summed E-state index contributed by atoms with van der Waals surface area (Å²) >= 11 is 0. The van der Waals surface area contributed by atoms with Gasteiger partial charge in [0, 0.05) is 19.6 Å². The standard InChI is InChI=1S/C9H15N5O/c1-2-13-7-11-12-8(13)6-14-5-3-4-10-9(14)15/h7H,2-6H2,1H3,(H,10,15). The van der Waals surface area contributed by atoms with Crippen LogP contribution in [-0.2, 0) is 13.1 Å². The quantitative estimate of drug-likeness (QED) is 0.774. The highest BCUT2D eigenvalue weighted by Crippen LogP contribution is 2.05. The largest absolute Gasteiger partial charge is 0.338 e. The molecular formula is C9H15N5O. The molecular weight excluding hydrogens is 194 g/mol. The summed E-state index contributed by atoms with van der Waals surface area (Å²) in [5, 5.41) is 10.7. The summed E-state index contributed by atoms with van der Waals surface area (Å²) in [6.45, 7) is 4.97. The van der Waals surface area contributed by atoms with E-state index in [4.69, 9.17) is 0 Å². The molecule has 0 aromatic carbocycles. The van der Waals surface area contributed by atoms with Gasteiger partial charge in [-0.2, -0.15) is 0 Å². The van der Waals surface area contributed by atoms with Gasteiger partial charge in [0.25, 0.3) is 0 Å². The lowest BCUT2D eigenvalue weighted by Gasteiger charge is -2.26. The second-order valence-corrected chi connectivity index (χ2v) is 3.54. The topological polar surface area (TPSA) is 63.1 Å². The lowest BCUT2D eigenvalue weighted by atomic mass is 10.3. The van der Waals surface area contributed by atoms with Crippen molar-refractivity contribution in [2.45, 2.75) is 26.4 Å². The number of aryl methyl sites for hydroxylation is 1. The second kappa shape index (κ2) is 4.29. The van der Waals surface area contributed by atoms with E-state index >= 15 is 0 Å². The molecule has 1 aliphatic heterocycles. The van der Waals surface area contributed by atoms with E-state index in [1.54, 1.807) is 11.2 Å². The molecule has 6 nitrogen and oxygen atoms in total. The Hall–Kier alpha value is -1.59. The first-order chi connectivity index (χ1) is 7.31. The number of nitrogens with one attached hydrogen (secondary N) is 1. The summed E-state index contributed by atoms with van der Waals surface area (Å²) in [5.41, 5.74) is 0. The van der Waals surface area contributed by atoms with Gasteiger partial charge < -0.3 is 14.8 Å². The minimum atomic E-state index is -0.00750. The molecule has 1 aliphatic rings. The first-order valence-corrected chi connectivity index (χ1v) is 5.20. The Morgan fingerprint density at radius 3 is 3.20 bits per heavy atom. The number of carbonyl (C=O) groups is 1. The maximum Gasteiger partial charge on any atom is 0.317 e. The average Bonchev–Trinajstić information content (AvgIpc) is 2.69. The molecule has 1 aromatic rings. The third-order valence-corrected chi connectivity index (χ3v) is 2.54. The lowest BCUT2D eigenvalue weighted by molar-refractivity contribution is 0.181. The number of hydrogen-bond acceptors (Lipinski definition) is 3. The fourth-order valence-corrected chi connectivity index (χ4v) is 1.67. The van der Waals surface area contributed by atoms with Crippen molar-refractivity contribution in [3.05, 3.63) is 12.2 Å². The van der Waals surface area contributed by atoms with E-state index in [2.05, 4.69) is 15.5 Å². The van der Waals surface area contributed by atoms with Crippen LogP contribution in [0.5, 0.6) is 0 Å². The van der Waals surface area contributed by atoms with Crippen LogP contribution in [0.15, 0.2) is 6.33 Å². The van der Waals surface area contributed by atoms with E-state index in [-0.39, 0.29) is 6.03 Å². The van der Waals surface area contributed by atoms with Crippen LogP contribution < -0.4 is 5.32 Å². The summed E-state index contributed by atoms with van der Waals surface area (Å²) in [6.07, 6.45) is 2.68. The zero-order valence-electron chi connectivity index (χ0n) is 8.81. The third-order valence-electron chi connectivity index (χ3n) is 2.54. The van der Waals surface area contributed by atoms with E-state index in [1.165, 1.54) is 0 Å². The smallest absolute Gasteiger partial charge is 0.317 e. The SMILES string of the molecule is CCn1cnnc1CN1CCCNC1=O. The van der Waals surface area contributed by atoms with Gasteiger partial charge in [-0.3, -0.25) is 0 Å². The Morgan fingerprint density at radius 2 is 2.47 bits per heavy atom. The van der Waals surface area contributed by atoms with Gasteiger partial charge in [0.2, 0.25) is 0 Å². The molecule has 2 rings (SSSR count). The zero-order chi connectivity index (χ0) is 10.7. The minimum absolute atomic E-state index is 0.00750. The molecule has 2 amide bonds. The summed E-state index contributed by atoms with van der Waals surface area (Å²) < 4.78 is 1.95. The van der Waals surface area contributed by atoms with E-state index in [1.807, 2.05) is 11.5 Å². The number of nitrogens with zero attached hydrogens (tertiary/aromatic N) is 4. The Balaban J connectivity index is 2.04. The summed E-state index contributed by atoms with van der Waals surface area (Å²) in [4.78, 5) is 13.2. The normalized spacial score (nSPS) is 16.6. The molecule has 82 valence electrons. The number of carbonyl (C=O) groups excluding carboxylic acids is 1. The Labute approximate surface area is 88.3 Å². The van der Waals surface area contributed by atoms with Gasteiger partial charge in [0.15, 0.2) is 5.82 Å². The van der Waals surface area contributed by atoms with E-state index < -0.39 is 0 Å². The molecule has 0 bridgehead atoms. The van der Waals surface area contributed by atoms with Crippen LogP contribution in [0.1, 0.15) is 19.2 Å². The summed E-state index contributed by atoms with van der Waals surface area (Å²) in [5.74, 6) is 0.842. The highest BCUT2D eigenvalue weighted by Gasteiger charge is 2.19. The lowest BCUT2D eigenvalue weighted by Crippen LogP contribution is -2.46. The van der Waals surface area contributed by atoms with Crippen molar-refractivity contribution in [2.75, 3.05) is 13.1 Å². The summed E-state index contributed by atoms with van der Waals surface area (Å²) in [6, 6.07) is -0.00750. The van der Waals surface area contributed by atoms with Gasteiger partial charge in [-0.25, -0.2) is 4.79 Å². The maximum atomic E-state index is 11.5. The summed E-state index contributed by atoms with van der Waals surface area (Å²) in [7, 11) is 0. The highest BCUT2D eigenvalue weighted by atomic mass is 16.2. The molecule has 0 unspecified atom stereocenters. The fraction of sp³-hybridized carbons (Fsp3) is 0.667. The van der Waals surface area contributed by atoms with Crippen LogP contribution >= 0.6 is 0 Å². The highest BCUT2D eigenvalue weighted by molar-refractivity contribution is 5.74. The molecule has 0 atom stereocenters. The van der Waals surface area contributed by atoms with Crippen LogP contribution in [0.25, 0.3) is 0 Å². The molecule has 1 saturated heterocycles. The van der Waals surface area contributed by atoms with Gasteiger partial charge in [-0.05, 0) is 13.3 Å². The van der Waals surface area contributed by atoms with Crippen LogP contribution in [0.3, 0.4) is 0 Å². The maximum absolute atomic E-state index is 11.5. The number of amides is 2. The van der Waals surface area contributed by atoms with Crippen LogP contribution in [0.2, 0.25) is 0 Å². The van der Waals surface area contributed by atoms with Crippen molar-refractivity contribution in [3.8, 4) is 0 Å². The van der Waals surface area contributed by atoms with Crippen molar-refractivity contribution in [3.63, 3.8) is 0 Å². The van der Waals surface area contributed by atoms with Crippen molar-refractivity contribution < 1.29 is 4.79 Å². The number of rotatable bonds is 3. The molecule has 1 aromatic heterocycles. The Bertz CT molecular complexity index is 348. The van der Waals surface area contributed by atoms with Crippen molar-refractivity contribution >= 4 is 6.03 Å². The molecule has 0 aliphatic carbocycles. The predicted octanol–water partition coefficient (Wildman–Crippen LogP) is 0.213. The first-order valence-electron chi connectivity index (χ1n) is 5.20. The monoisotopic (exact) mass is 209 g/mol. The molecule has 0 spiro atoms. The van der Waals surface area contributed by atoms with E-state index in [0.29, 0.717) is 6.54 Å². The van der Waals surface area contributed by atoms with E-state index in [9.17, 15) is 4.79 Å². The molecule has 1 fully saturated rings. The van der Waals surface area contributed by atoms with Crippen LogP contribution in [0.4, 0.5) is 4.79 Å². The molecule has 2 heterocycles. The molecule has 0 saturated carbocycles. The minimum Gasteiger partial charge on any atom is -0.338 e. The number of urea groups is 1. The molecule has 1 N–H and O–H groups in total. The Kier molecular flexibility index (Phi) is 2.84. The van der Waals surface area contributed by atoms with Crippen LogP contribution in [0, 0.1) is 0 Å². The average molecular weight is 209 g/mol. The van der Waals surface area contributed by atoms with Gasteiger partial charge in [-0.15, -0.1) is 10.2 Å². The first kappa shape index (κ1) is 9.95. The van der Waals surface area contributed by atoms with Gasteiger partial charge in [0.1, 0.15) is 6.33 Å². The Morgan fingerprint density at radius 1 is 1.60 bits per heavy atom. The molecule has 15 heavy (non-hydrogen) atoms. The molecule has 0 radical (unpaired) electrons. The van der Waals surface area contributed by atoms with Crippen LogP contribution in [-0.4, -0.2) is 38.8 Å². The van der Waals surface area contributed by atoms with Gasteiger partial charge in [-0.1, -0.05) is 0 Å². The van der Waals surface area contributed by atoms with Gasteiger partial charge >= 0.3 is 6.03 Å². The number of aromatic nitrogens is 3. The second-order valence-electron chi connectivity index (χ2n) is 3.54. The zero-order valence-corrected chi connectivity index (χ0v) is 8.81. The third kappa shape index (κ3) is 2.08. The number of hydrogen-bond donors (Lipinski definition) is 1. The van der Waals surface area contributed by atoms with Crippen molar-refractivity contribution in [1.82, 2.24) is 25.0 Å². The van der Waals surface area contributed by atoms with Crippen molar-refractivity contribution in [1.29, 1.82) is 0 Å². The fourth-order valence-electron chi connectivity index (χ4n) is 1.67. The predicted molar refractivity (Wildman–Crippen MR) is 54.1 cm³/mol. The molecule has 6 heteroatoms. The van der Waals surface area contributed by atoms with Gasteiger partial charge in [0.05, 0.1) is 6.54 Å².